The highest BCUT2D eigenvalue weighted by Crippen LogP contribution is 2.27. The number of hydrogen-bond donors (Lipinski definition) is 1. The van der Waals surface area contributed by atoms with Crippen molar-refractivity contribution in [3.63, 3.8) is 0 Å². The Balaban J connectivity index is 0.00000133. The summed E-state index contributed by atoms with van der Waals surface area (Å²) in [6.07, 6.45) is 1.09. The van der Waals surface area contributed by atoms with Crippen molar-refractivity contribution in [2.75, 3.05) is 26.2 Å². The third kappa shape index (κ3) is 2.62. The van der Waals surface area contributed by atoms with Crippen LogP contribution in [0.2, 0.25) is 0 Å². The predicted octanol–water partition coefficient (Wildman–Crippen LogP) is 1.39. The van der Waals surface area contributed by atoms with Crippen LogP contribution in [-0.2, 0) is 0 Å². The summed E-state index contributed by atoms with van der Waals surface area (Å²) in [4.78, 5) is 18.5. The summed E-state index contributed by atoms with van der Waals surface area (Å²) in [7, 11) is 0. The van der Waals surface area contributed by atoms with Gasteiger partial charge >= 0.3 is 0 Å². The highest BCUT2D eigenvalue weighted by atomic mass is 35.5. The number of fused-ring (bicyclic) bond motifs is 1. The molecule has 5 nitrogen and oxygen atoms in total. The summed E-state index contributed by atoms with van der Waals surface area (Å²) >= 11 is 0. The number of carbonyl (C=O) groups is 1. The zero-order chi connectivity index (χ0) is 12.7. The van der Waals surface area contributed by atoms with Gasteiger partial charge in [0.25, 0.3) is 5.91 Å². The van der Waals surface area contributed by atoms with Crippen LogP contribution in [0.1, 0.15) is 28.6 Å². The molecule has 0 spiro atoms. The summed E-state index contributed by atoms with van der Waals surface area (Å²) in [5, 5.41) is 3.41. The number of amides is 1. The Bertz CT molecular complexity index is 474. The summed E-state index contributed by atoms with van der Waals surface area (Å²) in [5.41, 5.74) is 0.698. The average molecular weight is 286 g/mol. The van der Waals surface area contributed by atoms with Crippen molar-refractivity contribution in [1.82, 2.24) is 15.2 Å². The molecule has 2 unspecified atom stereocenters. The maximum absolute atomic E-state index is 12.4. The predicted molar refractivity (Wildman–Crippen MR) is 73.6 cm³/mol. The van der Waals surface area contributed by atoms with Crippen LogP contribution < -0.4 is 5.32 Å². The Labute approximate surface area is 119 Å². The van der Waals surface area contributed by atoms with E-state index in [2.05, 4.69) is 10.3 Å². The number of carbonyl (C=O) groups excluding carboxylic acids is 1. The Morgan fingerprint density at radius 2 is 2.11 bits per heavy atom. The van der Waals surface area contributed by atoms with E-state index in [0.29, 0.717) is 23.3 Å². The standard InChI is InChI=1S/C13H19N3O2.ClH/c1-8-12(18-9(2)15-8)13(17)16-4-3-10-5-14-6-11(10)7-16;/h10-11,14H,3-7H2,1-2H3;1H. The van der Waals surface area contributed by atoms with Crippen molar-refractivity contribution in [2.24, 2.45) is 11.8 Å². The van der Waals surface area contributed by atoms with Crippen LogP contribution in [0.4, 0.5) is 0 Å². The minimum absolute atomic E-state index is 0. The van der Waals surface area contributed by atoms with Gasteiger partial charge in [-0.15, -0.1) is 12.4 Å². The van der Waals surface area contributed by atoms with E-state index in [1.165, 1.54) is 0 Å². The van der Waals surface area contributed by atoms with Gasteiger partial charge in [-0.1, -0.05) is 0 Å². The fourth-order valence-electron chi connectivity index (χ4n) is 3.09. The smallest absolute Gasteiger partial charge is 0.291 e. The number of halogens is 1. The Morgan fingerprint density at radius 1 is 1.37 bits per heavy atom. The number of oxazole rings is 1. The molecule has 2 fully saturated rings. The second-order valence-electron chi connectivity index (χ2n) is 5.37. The van der Waals surface area contributed by atoms with Gasteiger partial charge in [0, 0.05) is 20.0 Å². The van der Waals surface area contributed by atoms with E-state index < -0.39 is 0 Å². The molecule has 0 radical (unpaired) electrons. The molecule has 106 valence electrons. The number of aromatic nitrogens is 1. The van der Waals surface area contributed by atoms with Gasteiger partial charge in [-0.2, -0.15) is 0 Å². The van der Waals surface area contributed by atoms with Crippen LogP contribution in [0.5, 0.6) is 0 Å². The zero-order valence-electron chi connectivity index (χ0n) is 11.3. The minimum atomic E-state index is -0.00144. The largest absolute Gasteiger partial charge is 0.436 e. The topological polar surface area (TPSA) is 58.4 Å². The fourth-order valence-corrected chi connectivity index (χ4v) is 3.09. The quantitative estimate of drug-likeness (QED) is 0.847. The van der Waals surface area contributed by atoms with E-state index in [1.807, 2.05) is 11.8 Å². The van der Waals surface area contributed by atoms with Crippen molar-refractivity contribution in [3.8, 4) is 0 Å². The van der Waals surface area contributed by atoms with Crippen molar-refractivity contribution in [3.05, 3.63) is 17.3 Å². The summed E-state index contributed by atoms with van der Waals surface area (Å²) in [5.74, 6) is 2.32. The SMILES string of the molecule is Cc1nc(C)c(C(=O)N2CCC3CNCC3C2)o1.Cl. The molecule has 2 saturated heterocycles. The second-order valence-corrected chi connectivity index (χ2v) is 5.37. The third-order valence-electron chi connectivity index (χ3n) is 4.09. The molecule has 3 rings (SSSR count). The van der Waals surface area contributed by atoms with E-state index in [1.54, 1.807) is 6.92 Å². The highest BCUT2D eigenvalue weighted by Gasteiger charge is 2.35. The number of piperidine rings is 1. The van der Waals surface area contributed by atoms with Crippen LogP contribution in [0.3, 0.4) is 0 Å². The minimum Gasteiger partial charge on any atom is -0.436 e. The molecule has 3 heterocycles. The van der Waals surface area contributed by atoms with E-state index in [-0.39, 0.29) is 18.3 Å². The molecule has 2 aliphatic heterocycles. The van der Waals surface area contributed by atoms with Crippen molar-refractivity contribution in [2.45, 2.75) is 20.3 Å². The molecule has 0 aliphatic carbocycles. The molecular formula is C13H20ClN3O2. The molecule has 0 bridgehead atoms. The first kappa shape index (κ1) is 14.3. The van der Waals surface area contributed by atoms with Crippen LogP contribution in [0, 0.1) is 25.7 Å². The lowest BCUT2D eigenvalue weighted by atomic mass is 9.88. The maximum atomic E-state index is 12.4. The molecule has 1 N–H and O–H groups in total. The molecule has 2 atom stereocenters. The molecule has 2 aliphatic rings. The normalized spacial score (nSPS) is 25.9. The number of aryl methyl sites for hydroxylation is 2. The number of hydrogen-bond acceptors (Lipinski definition) is 4. The van der Waals surface area contributed by atoms with Gasteiger partial charge in [0.05, 0.1) is 5.69 Å². The third-order valence-corrected chi connectivity index (χ3v) is 4.09. The molecule has 6 heteroatoms. The molecule has 19 heavy (non-hydrogen) atoms. The second kappa shape index (κ2) is 5.51. The summed E-state index contributed by atoms with van der Waals surface area (Å²) in [6.45, 7) is 7.41. The monoisotopic (exact) mass is 285 g/mol. The van der Waals surface area contributed by atoms with Crippen molar-refractivity contribution < 1.29 is 9.21 Å². The van der Waals surface area contributed by atoms with Gasteiger partial charge in [-0.25, -0.2) is 4.98 Å². The highest BCUT2D eigenvalue weighted by molar-refractivity contribution is 5.92. The number of rotatable bonds is 1. The fraction of sp³-hybridized carbons (Fsp3) is 0.692. The Morgan fingerprint density at radius 3 is 2.79 bits per heavy atom. The van der Waals surface area contributed by atoms with Gasteiger partial charge in [0.2, 0.25) is 5.76 Å². The van der Waals surface area contributed by atoms with Crippen LogP contribution in [-0.4, -0.2) is 42.0 Å². The summed E-state index contributed by atoms with van der Waals surface area (Å²) < 4.78 is 5.42. The molecular weight excluding hydrogens is 266 g/mol. The van der Waals surface area contributed by atoms with Crippen molar-refractivity contribution in [1.29, 1.82) is 0 Å². The van der Waals surface area contributed by atoms with Gasteiger partial charge in [-0.3, -0.25) is 4.79 Å². The van der Waals surface area contributed by atoms with Crippen LogP contribution in [0.15, 0.2) is 4.42 Å². The van der Waals surface area contributed by atoms with E-state index in [9.17, 15) is 4.79 Å². The lowest BCUT2D eigenvalue weighted by Gasteiger charge is -2.33. The molecule has 1 aromatic rings. The lowest BCUT2D eigenvalue weighted by molar-refractivity contribution is 0.0608. The van der Waals surface area contributed by atoms with Gasteiger partial charge in [-0.05, 0) is 38.3 Å². The van der Waals surface area contributed by atoms with Gasteiger partial charge < -0.3 is 14.6 Å². The average Bonchev–Trinajstić information content (AvgIpc) is 2.93. The lowest BCUT2D eigenvalue weighted by Crippen LogP contribution is -2.43. The number of nitrogens with zero attached hydrogens (tertiary/aromatic N) is 2. The Hall–Kier alpha value is -1.07. The van der Waals surface area contributed by atoms with Crippen molar-refractivity contribution >= 4 is 18.3 Å². The molecule has 1 amide bonds. The van der Waals surface area contributed by atoms with Gasteiger partial charge in [0.15, 0.2) is 5.89 Å². The number of nitrogens with one attached hydrogen (secondary N) is 1. The Kier molecular flexibility index (Phi) is 4.16. The van der Waals surface area contributed by atoms with E-state index in [4.69, 9.17) is 4.42 Å². The first-order chi connectivity index (χ1) is 8.65. The van der Waals surface area contributed by atoms with E-state index >= 15 is 0 Å². The van der Waals surface area contributed by atoms with E-state index in [0.717, 1.165) is 38.5 Å². The first-order valence-corrected chi connectivity index (χ1v) is 6.59. The molecule has 0 aromatic carbocycles. The molecule has 1 aromatic heterocycles. The van der Waals surface area contributed by atoms with Crippen LogP contribution in [0.25, 0.3) is 0 Å². The zero-order valence-corrected chi connectivity index (χ0v) is 12.1. The maximum Gasteiger partial charge on any atom is 0.291 e. The summed E-state index contributed by atoms with van der Waals surface area (Å²) in [6, 6.07) is 0. The molecule has 0 saturated carbocycles. The first-order valence-electron chi connectivity index (χ1n) is 6.59. The van der Waals surface area contributed by atoms with Gasteiger partial charge in [0.1, 0.15) is 0 Å². The van der Waals surface area contributed by atoms with Crippen LogP contribution >= 0.6 is 12.4 Å². The number of likely N-dealkylation sites (tertiary alicyclic amines) is 1.